The second-order valence-corrected chi connectivity index (χ2v) is 5.23. The van der Waals surface area contributed by atoms with Crippen molar-refractivity contribution < 1.29 is 9.53 Å². The van der Waals surface area contributed by atoms with Gasteiger partial charge in [-0.05, 0) is 26.7 Å². The van der Waals surface area contributed by atoms with Crippen LogP contribution in [0.15, 0.2) is 12.4 Å². The quantitative estimate of drug-likeness (QED) is 0.897. The first-order valence-electron chi connectivity index (χ1n) is 7.06. The standard InChI is InChI=1S/C14H22N4O2/c1-10(2)20-14-12(16-6-7-17-14)18-8-4-11(5-9-18)13(19)15-3/h6-7,10-11H,4-5,8-9H2,1-3H3,(H,15,19). The van der Waals surface area contributed by atoms with Gasteiger partial charge in [-0.3, -0.25) is 4.79 Å². The first-order chi connectivity index (χ1) is 9.61. The summed E-state index contributed by atoms with van der Waals surface area (Å²) in [5, 5.41) is 2.72. The molecule has 1 aromatic heterocycles. The van der Waals surface area contributed by atoms with Crippen molar-refractivity contribution in [3.63, 3.8) is 0 Å². The van der Waals surface area contributed by atoms with Gasteiger partial charge in [0.15, 0.2) is 5.82 Å². The topological polar surface area (TPSA) is 67.4 Å². The van der Waals surface area contributed by atoms with E-state index in [1.807, 2.05) is 13.8 Å². The third-order valence-electron chi connectivity index (χ3n) is 3.41. The molecule has 1 fully saturated rings. The molecule has 6 heteroatoms. The number of rotatable bonds is 4. The number of anilines is 1. The Morgan fingerprint density at radius 2 is 2.00 bits per heavy atom. The molecule has 1 aromatic rings. The second kappa shape index (κ2) is 6.54. The largest absolute Gasteiger partial charge is 0.472 e. The van der Waals surface area contributed by atoms with E-state index >= 15 is 0 Å². The van der Waals surface area contributed by atoms with Crippen LogP contribution in [0.5, 0.6) is 5.88 Å². The number of aromatic nitrogens is 2. The van der Waals surface area contributed by atoms with Crippen molar-refractivity contribution in [2.24, 2.45) is 5.92 Å². The number of hydrogen-bond acceptors (Lipinski definition) is 5. The Bertz CT molecular complexity index is 456. The average molecular weight is 278 g/mol. The zero-order valence-corrected chi connectivity index (χ0v) is 12.3. The van der Waals surface area contributed by atoms with Gasteiger partial charge in [0.05, 0.1) is 6.10 Å². The van der Waals surface area contributed by atoms with E-state index in [0.717, 1.165) is 31.7 Å². The van der Waals surface area contributed by atoms with Crippen LogP contribution in [0.25, 0.3) is 0 Å². The fraction of sp³-hybridized carbons (Fsp3) is 0.643. The SMILES string of the molecule is CNC(=O)C1CCN(c2nccnc2OC(C)C)CC1. The summed E-state index contributed by atoms with van der Waals surface area (Å²) in [4.78, 5) is 22.4. The fourth-order valence-corrected chi connectivity index (χ4v) is 2.40. The number of carbonyl (C=O) groups excluding carboxylic acids is 1. The van der Waals surface area contributed by atoms with Gasteiger partial charge < -0.3 is 15.0 Å². The Kier molecular flexibility index (Phi) is 4.76. The summed E-state index contributed by atoms with van der Waals surface area (Å²) in [6.45, 7) is 5.53. The molecule has 110 valence electrons. The highest BCUT2D eigenvalue weighted by Gasteiger charge is 2.26. The van der Waals surface area contributed by atoms with Crippen molar-refractivity contribution in [2.45, 2.75) is 32.8 Å². The molecule has 0 saturated carbocycles. The van der Waals surface area contributed by atoms with Crippen molar-refractivity contribution in [3.05, 3.63) is 12.4 Å². The maximum atomic E-state index is 11.6. The number of piperidine rings is 1. The van der Waals surface area contributed by atoms with Crippen LogP contribution in [-0.2, 0) is 4.79 Å². The number of nitrogens with zero attached hydrogens (tertiary/aromatic N) is 3. The highest BCUT2D eigenvalue weighted by molar-refractivity contribution is 5.78. The van der Waals surface area contributed by atoms with Crippen molar-refractivity contribution in [1.29, 1.82) is 0 Å². The second-order valence-electron chi connectivity index (χ2n) is 5.23. The van der Waals surface area contributed by atoms with E-state index in [1.165, 1.54) is 0 Å². The zero-order valence-electron chi connectivity index (χ0n) is 12.3. The maximum Gasteiger partial charge on any atom is 0.257 e. The van der Waals surface area contributed by atoms with Gasteiger partial charge in [0.25, 0.3) is 5.88 Å². The lowest BCUT2D eigenvalue weighted by Crippen LogP contribution is -2.40. The van der Waals surface area contributed by atoms with Gasteiger partial charge in [0, 0.05) is 38.4 Å². The molecule has 0 radical (unpaired) electrons. The van der Waals surface area contributed by atoms with Crippen LogP contribution in [0.3, 0.4) is 0 Å². The molecule has 6 nitrogen and oxygen atoms in total. The lowest BCUT2D eigenvalue weighted by Gasteiger charge is -2.32. The molecule has 1 amide bonds. The monoisotopic (exact) mass is 278 g/mol. The van der Waals surface area contributed by atoms with Crippen LogP contribution >= 0.6 is 0 Å². The van der Waals surface area contributed by atoms with Gasteiger partial charge in [0.1, 0.15) is 0 Å². The molecule has 0 aromatic carbocycles. The van der Waals surface area contributed by atoms with Crippen LogP contribution < -0.4 is 15.0 Å². The van der Waals surface area contributed by atoms with Crippen LogP contribution in [-0.4, -0.2) is 42.1 Å². The predicted molar refractivity (Wildman–Crippen MR) is 76.8 cm³/mol. The molecule has 0 atom stereocenters. The molecule has 20 heavy (non-hydrogen) atoms. The molecule has 0 bridgehead atoms. The van der Waals surface area contributed by atoms with Gasteiger partial charge in [-0.1, -0.05) is 0 Å². The molecular weight excluding hydrogens is 256 g/mol. The number of ether oxygens (including phenoxy) is 1. The third kappa shape index (κ3) is 3.37. The van der Waals surface area contributed by atoms with Gasteiger partial charge in [-0.2, -0.15) is 0 Å². The lowest BCUT2D eigenvalue weighted by atomic mass is 9.96. The summed E-state index contributed by atoms with van der Waals surface area (Å²) in [7, 11) is 1.69. The highest BCUT2D eigenvalue weighted by Crippen LogP contribution is 2.28. The summed E-state index contributed by atoms with van der Waals surface area (Å²) in [6, 6.07) is 0. The maximum absolute atomic E-state index is 11.6. The van der Waals surface area contributed by atoms with Gasteiger partial charge in [-0.15, -0.1) is 0 Å². The Balaban J connectivity index is 2.05. The predicted octanol–water partition coefficient (Wildman–Crippen LogP) is 1.23. The molecule has 0 aliphatic carbocycles. The molecule has 1 aliphatic heterocycles. The number of amides is 1. The first kappa shape index (κ1) is 14.6. The van der Waals surface area contributed by atoms with E-state index in [4.69, 9.17) is 4.74 Å². The number of carbonyl (C=O) groups is 1. The van der Waals surface area contributed by atoms with Gasteiger partial charge in [0.2, 0.25) is 5.91 Å². The minimum Gasteiger partial charge on any atom is -0.472 e. The number of hydrogen-bond donors (Lipinski definition) is 1. The Morgan fingerprint density at radius 1 is 1.35 bits per heavy atom. The fourth-order valence-electron chi connectivity index (χ4n) is 2.40. The van der Waals surface area contributed by atoms with Crippen LogP contribution in [0.4, 0.5) is 5.82 Å². The van der Waals surface area contributed by atoms with E-state index in [0.29, 0.717) is 5.88 Å². The van der Waals surface area contributed by atoms with Crippen molar-refractivity contribution >= 4 is 11.7 Å². The smallest absolute Gasteiger partial charge is 0.257 e. The van der Waals surface area contributed by atoms with Crippen LogP contribution in [0, 0.1) is 5.92 Å². The van der Waals surface area contributed by atoms with Crippen LogP contribution in [0.2, 0.25) is 0 Å². The van der Waals surface area contributed by atoms with Crippen molar-refractivity contribution in [1.82, 2.24) is 15.3 Å². The van der Waals surface area contributed by atoms with E-state index < -0.39 is 0 Å². The Morgan fingerprint density at radius 3 is 2.60 bits per heavy atom. The summed E-state index contributed by atoms with van der Waals surface area (Å²) in [6.07, 6.45) is 5.04. The van der Waals surface area contributed by atoms with Gasteiger partial charge >= 0.3 is 0 Å². The third-order valence-corrected chi connectivity index (χ3v) is 3.41. The molecular formula is C14H22N4O2. The molecule has 2 rings (SSSR count). The molecule has 1 N–H and O–H groups in total. The molecule has 0 spiro atoms. The Labute approximate surface area is 119 Å². The van der Waals surface area contributed by atoms with Crippen molar-refractivity contribution in [3.8, 4) is 5.88 Å². The van der Waals surface area contributed by atoms with Gasteiger partial charge in [-0.25, -0.2) is 9.97 Å². The van der Waals surface area contributed by atoms with E-state index in [9.17, 15) is 4.79 Å². The minimum atomic E-state index is 0.0638. The molecule has 1 saturated heterocycles. The van der Waals surface area contributed by atoms with E-state index in [2.05, 4.69) is 20.2 Å². The van der Waals surface area contributed by atoms with E-state index in [-0.39, 0.29) is 17.9 Å². The summed E-state index contributed by atoms with van der Waals surface area (Å²) in [5.41, 5.74) is 0. The Hall–Kier alpha value is -1.85. The molecule has 0 unspecified atom stereocenters. The zero-order chi connectivity index (χ0) is 14.5. The summed E-state index contributed by atoms with van der Waals surface area (Å²) >= 11 is 0. The summed E-state index contributed by atoms with van der Waals surface area (Å²) in [5.74, 6) is 1.57. The molecule has 1 aliphatic rings. The van der Waals surface area contributed by atoms with Crippen molar-refractivity contribution in [2.75, 3.05) is 25.0 Å². The molecule has 2 heterocycles. The van der Waals surface area contributed by atoms with Crippen LogP contribution in [0.1, 0.15) is 26.7 Å². The average Bonchev–Trinajstić information content (AvgIpc) is 2.46. The first-order valence-corrected chi connectivity index (χ1v) is 7.06. The summed E-state index contributed by atoms with van der Waals surface area (Å²) < 4.78 is 5.70. The normalized spacial score (nSPS) is 16.3. The highest BCUT2D eigenvalue weighted by atomic mass is 16.5. The number of nitrogens with one attached hydrogen (secondary N) is 1. The minimum absolute atomic E-state index is 0.0638. The lowest BCUT2D eigenvalue weighted by molar-refractivity contribution is -0.125. The van der Waals surface area contributed by atoms with E-state index in [1.54, 1.807) is 19.4 Å².